The summed E-state index contributed by atoms with van der Waals surface area (Å²) in [5.41, 5.74) is 1.20. The molecule has 0 saturated carbocycles. The third kappa shape index (κ3) is 4.39. The van der Waals surface area contributed by atoms with Gasteiger partial charge in [0.15, 0.2) is 9.84 Å². The Morgan fingerprint density at radius 2 is 1.67 bits per heavy atom. The third-order valence-electron chi connectivity index (χ3n) is 3.19. The maximum absolute atomic E-state index is 11.8. The van der Waals surface area contributed by atoms with Crippen LogP contribution in [0.3, 0.4) is 0 Å². The zero-order valence-electron chi connectivity index (χ0n) is 11.1. The molecule has 0 radical (unpaired) electrons. The van der Waals surface area contributed by atoms with Crippen molar-refractivity contribution >= 4 is 25.8 Å². The Morgan fingerprint density at radius 1 is 1.11 bits per heavy atom. The first-order chi connectivity index (χ1) is 8.34. The van der Waals surface area contributed by atoms with Gasteiger partial charge in [0.05, 0.1) is 11.0 Å². The number of alkyl halides is 1. The largest absolute Gasteiger partial charge is 0.229 e. The van der Waals surface area contributed by atoms with Gasteiger partial charge in [0.1, 0.15) is 0 Å². The molecule has 4 heteroatoms. The molecule has 0 aromatic heterocycles. The molecule has 0 bridgehead atoms. The predicted octanol–water partition coefficient (Wildman–Crippen LogP) is 3.97. The first-order valence-corrected chi connectivity index (χ1v) is 8.88. The van der Waals surface area contributed by atoms with Crippen LogP contribution >= 0.6 is 15.9 Å². The highest BCUT2D eigenvalue weighted by atomic mass is 79.9. The lowest BCUT2D eigenvalue weighted by Gasteiger charge is -2.19. The molecule has 18 heavy (non-hydrogen) atoms. The lowest BCUT2D eigenvalue weighted by molar-refractivity contribution is 0.537. The lowest BCUT2D eigenvalue weighted by Crippen LogP contribution is -2.20. The number of benzene rings is 1. The molecule has 2 atom stereocenters. The molecule has 2 unspecified atom stereocenters. The number of rotatable bonds is 6. The minimum atomic E-state index is -2.93. The van der Waals surface area contributed by atoms with Crippen molar-refractivity contribution in [3.05, 3.63) is 35.9 Å². The fraction of sp³-hybridized carbons (Fsp3) is 0.571. The van der Waals surface area contributed by atoms with E-state index >= 15 is 0 Å². The molecule has 1 rings (SSSR count). The molecule has 102 valence electrons. The molecule has 0 fully saturated rings. The van der Waals surface area contributed by atoms with Gasteiger partial charge in [-0.2, -0.15) is 0 Å². The Labute approximate surface area is 119 Å². The van der Waals surface area contributed by atoms with Crippen LogP contribution in [0.2, 0.25) is 0 Å². The molecule has 0 heterocycles. The van der Waals surface area contributed by atoms with Crippen molar-refractivity contribution in [2.24, 2.45) is 5.92 Å². The Hall–Kier alpha value is -0.350. The molecule has 1 aromatic carbocycles. The molecule has 0 aliphatic carbocycles. The topological polar surface area (TPSA) is 34.1 Å². The highest BCUT2D eigenvalue weighted by Gasteiger charge is 2.21. The van der Waals surface area contributed by atoms with Crippen molar-refractivity contribution in [1.82, 2.24) is 0 Å². The van der Waals surface area contributed by atoms with E-state index in [-0.39, 0.29) is 15.8 Å². The van der Waals surface area contributed by atoms with E-state index in [2.05, 4.69) is 35.0 Å². The van der Waals surface area contributed by atoms with E-state index in [4.69, 9.17) is 0 Å². The molecule has 0 aliphatic heterocycles. The maximum atomic E-state index is 11.8. The van der Waals surface area contributed by atoms with Crippen molar-refractivity contribution in [3.63, 3.8) is 0 Å². The van der Waals surface area contributed by atoms with E-state index in [1.807, 2.05) is 18.2 Å². The van der Waals surface area contributed by atoms with Crippen molar-refractivity contribution in [3.8, 4) is 0 Å². The van der Waals surface area contributed by atoms with Crippen LogP contribution in [0.15, 0.2) is 30.3 Å². The second-order valence-electron chi connectivity index (χ2n) is 4.99. The van der Waals surface area contributed by atoms with Gasteiger partial charge in [0.2, 0.25) is 0 Å². The normalized spacial score (nSPS) is 15.6. The first-order valence-electron chi connectivity index (χ1n) is 6.25. The number of sulfone groups is 1. The van der Waals surface area contributed by atoms with Crippen LogP contribution in [0, 0.1) is 5.92 Å². The molecule has 0 N–H and O–H groups in total. The van der Waals surface area contributed by atoms with E-state index < -0.39 is 9.84 Å². The quantitative estimate of drug-likeness (QED) is 0.738. The minimum Gasteiger partial charge on any atom is -0.229 e. The fourth-order valence-corrected chi connectivity index (χ4v) is 3.44. The van der Waals surface area contributed by atoms with Crippen molar-refractivity contribution in [2.75, 3.05) is 5.75 Å². The monoisotopic (exact) mass is 332 g/mol. The molecule has 2 nitrogen and oxygen atoms in total. The third-order valence-corrected chi connectivity index (χ3v) is 6.87. The van der Waals surface area contributed by atoms with Gasteiger partial charge in [-0.3, -0.25) is 0 Å². The van der Waals surface area contributed by atoms with Crippen LogP contribution in [-0.4, -0.2) is 19.4 Å². The molecule has 0 aliphatic rings. The highest BCUT2D eigenvalue weighted by molar-refractivity contribution is 9.09. The lowest BCUT2D eigenvalue weighted by atomic mass is 9.99. The van der Waals surface area contributed by atoms with Gasteiger partial charge in [-0.1, -0.05) is 53.2 Å². The summed E-state index contributed by atoms with van der Waals surface area (Å²) in [4.78, 5) is 0.209. The molecule has 1 aromatic rings. The van der Waals surface area contributed by atoms with E-state index in [9.17, 15) is 8.42 Å². The summed E-state index contributed by atoms with van der Waals surface area (Å²) in [7, 11) is -2.93. The average molecular weight is 333 g/mol. The summed E-state index contributed by atoms with van der Waals surface area (Å²) < 4.78 is 23.6. The number of halogens is 1. The van der Waals surface area contributed by atoms with Gasteiger partial charge >= 0.3 is 0 Å². The minimum absolute atomic E-state index is 0.209. The van der Waals surface area contributed by atoms with Gasteiger partial charge in [-0.25, -0.2) is 8.42 Å². The maximum Gasteiger partial charge on any atom is 0.152 e. The number of hydrogen-bond donors (Lipinski definition) is 0. The molecule has 0 saturated heterocycles. The summed E-state index contributed by atoms with van der Waals surface area (Å²) >= 11 is 3.66. The second kappa shape index (κ2) is 6.71. The summed E-state index contributed by atoms with van der Waals surface area (Å²) in [5.74, 6) is 0.557. The summed E-state index contributed by atoms with van der Waals surface area (Å²) in [6.07, 6.45) is 0.686. The van der Waals surface area contributed by atoms with Gasteiger partial charge in [-0.05, 0) is 31.7 Å². The second-order valence-corrected chi connectivity index (χ2v) is 8.66. The zero-order chi connectivity index (χ0) is 13.8. The number of hydrogen-bond acceptors (Lipinski definition) is 2. The van der Waals surface area contributed by atoms with Crippen molar-refractivity contribution in [2.45, 2.75) is 37.3 Å². The summed E-state index contributed by atoms with van der Waals surface area (Å²) in [6.45, 7) is 5.56. The van der Waals surface area contributed by atoms with Gasteiger partial charge in [0, 0.05) is 4.83 Å². The van der Waals surface area contributed by atoms with Gasteiger partial charge < -0.3 is 0 Å². The van der Waals surface area contributed by atoms with Crippen LogP contribution in [0.4, 0.5) is 0 Å². The van der Waals surface area contributed by atoms with E-state index in [1.54, 1.807) is 13.8 Å². The standard InChI is InChI=1S/C14H21BrO2S/c1-11(2)18(16,17)10-9-12(3)14(15)13-7-5-4-6-8-13/h4-8,11-12,14H,9-10H2,1-3H3. The van der Waals surface area contributed by atoms with Crippen LogP contribution < -0.4 is 0 Å². The van der Waals surface area contributed by atoms with Crippen molar-refractivity contribution < 1.29 is 8.42 Å². The molecule has 0 spiro atoms. The molecule has 0 amide bonds. The van der Waals surface area contributed by atoms with E-state index in [1.165, 1.54) is 5.56 Å². The fourth-order valence-electron chi connectivity index (χ4n) is 1.70. The summed E-state index contributed by atoms with van der Waals surface area (Å²) in [5, 5.41) is -0.282. The zero-order valence-corrected chi connectivity index (χ0v) is 13.5. The Bertz CT molecular complexity index is 454. The smallest absolute Gasteiger partial charge is 0.152 e. The first kappa shape index (κ1) is 15.7. The average Bonchev–Trinajstić information content (AvgIpc) is 2.36. The SMILES string of the molecule is CC(CCS(=O)(=O)C(C)C)C(Br)c1ccccc1. The highest BCUT2D eigenvalue weighted by Crippen LogP contribution is 2.33. The van der Waals surface area contributed by atoms with Crippen LogP contribution in [0.5, 0.6) is 0 Å². The summed E-state index contributed by atoms with van der Waals surface area (Å²) in [6, 6.07) is 10.1. The van der Waals surface area contributed by atoms with Crippen LogP contribution in [0.25, 0.3) is 0 Å². The molecular weight excluding hydrogens is 312 g/mol. The predicted molar refractivity (Wildman–Crippen MR) is 80.8 cm³/mol. The van der Waals surface area contributed by atoms with Crippen molar-refractivity contribution in [1.29, 1.82) is 0 Å². The Kier molecular flexibility index (Phi) is 5.86. The Balaban J connectivity index is 2.59. The Morgan fingerprint density at radius 3 is 2.17 bits per heavy atom. The van der Waals surface area contributed by atoms with Gasteiger partial charge in [-0.15, -0.1) is 0 Å². The molecular formula is C14H21BrO2S. The van der Waals surface area contributed by atoms with Crippen LogP contribution in [0.1, 0.15) is 37.6 Å². The van der Waals surface area contributed by atoms with Gasteiger partial charge in [0.25, 0.3) is 0 Å². The van der Waals surface area contributed by atoms with Crippen LogP contribution in [-0.2, 0) is 9.84 Å². The van der Waals surface area contributed by atoms with E-state index in [0.717, 1.165) is 0 Å². The van der Waals surface area contributed by atoms with E-state index in [0.29, 0.717) is 12.3 Å².